The van der Waals surface area contributed by atoms with Gasteiger partial charge >= 0.3 is 0 Å². The van der Waals surface area contributed by atoms with Crippen LogP contribution < -0.4 is 4.74 Å². The van der Waals surface area contributed by atoms with Gasteiger partial charge in [-0.3, -0.25) is 0 Å². The number of oxime groups is 1. The Labute approximate surface area is 107 Å². The second kappa shape index (κ2) is 5.59. The van der Waals surface area contributed by atoms with Gasteiger partial charge in [-0.2, -0.15) is 0 Å². The van der Waals surface area contributed by atoms with Gasteiger partial charge in [-0.15, -0.1) is 11.3 Å². The van der Waals surface area contributed by atoms with Crippen LogP contribution in [0.4, 0.5) is 4.39 Å². The monoisotopic (exact) mass is 266 g/mol. The van der Waals surface area contributed by atoms with Gasteiger partial charge < -0.3 is 9.94 Å². The molecule has 4 nitrogen and oxygen atoms in total. The second-order valence-corrected chi connectivity index (χ2v) is 4.52. The van der Waals surface area contributed by atoms with Crippen LogP contribution in [0.5, 0.6) is 5.75 Å². The maximum Gasteiger partial charge on any atom is 0.140 e. The van der Waals surface area contributed by atoms with Gasteiger partial charge in [0.15, 0.2) is 0 Å². The summed E-state index contributed by atoms with van der Waals surface area (Å²) in [5, 5.41) is 14.5. The summed E-state index contributed by atoms with van der Waals surface area (Å²) < 4.78 is 18.7. The van der Waals surface area contributed by atoms with Crippen LogP contribution in [0.25, 0.3) is 0 Å². The topological polar surface area (TPSA) is 54.7 Å². The molecule has 1 aromatic carbocycles. The number of aromatic nitrogens is 1. The molecule has 0 aliphatic rings. The third kappa shape index (κ3) is 2.84. The summed E-state index contributed by atoms with van der Waals surface area (Å²) in [6, 6.07) is 4.07. The minimum absolute atomic E-state index is 0.295. The van der Waals surface area contributed by atoms with Gasteiger partial charge in [0.1, 0.15) is 23.2 Å². The van der Waals surface area contributed by atoms with Crippen molar-refractivity contribution < 1.29 is 14.3 Å². The number of hydrogen-bond donors (Lipinski definition) is 1. The van der Waals surface area contributed by atoms with Crippen molar-refractivity contribution in [2.24, 2.45) is 5.16 Å². The molecule has 0 atom stereocenters. The van der Waals surface area contributed by atoms with Crippen LogP contribution in [0, 0.1) is 5.82 Å². The molecule has 0 amide bonds. The molecule has 0 fully saturated rings. The predicted octanol–water partition coefficient (Wildman–Crippen LogP) is 3.06. The van der Waals surface area contributed by atoms with E-state index in [1.54, 1.807) is 13.1 Å². The van der Waals surface area contributed by atoms with Crippen molar-refractivity contribution in [3.8, 4) is 5.75 Å². The van der Waals surface area contributed by atoms with Gasteiger partial charge in [-0.1, -0.05) is 5.16 Å². The first kappa shape index (κ1) is 12.5. The maximum atomic E-state index is 13.2. The summed E-state index contributed by atoms with van der Waals surface area (Å²) in [5.74, 6) is 0.0523. The van der Waals surface area contributed by atoms with E-state index in [9.17, 15) is 4.39 Å². The molecule has 1 heterocycles. The van der Waals surface area contributed by atoms with Gasteiger partial charge in [-0.05, 0) is 25.1 Å². The van der Waals surface area contributed by atoms with E-state index in [1.165, 1.54) is 29.5 Å². The van der Waals surface area contributed by atoms with Crippen molar-refractivity contribution in [3.63, 3.8) is 0 Å². The van der Waals surface area contributed by atoms with Crippen molar-refractivity contribution >= 4 is 17.0 Å². The number of hydrogen-bond acceptors (Lipinski definition) is 5. The Hall–Kier alpha value is -1.95. The van der Waals surface area contributed by atoms with E-state index in [1.807, 2.05) is 5.38 Å². The molecule has 2 rings (SSSR count). The molecule has 0 saturated carbocycles. The van der Waals surface area contributed by atoms with Crippen LogP contribution in [0.1, 0.15) is 17.5 Å². The Morgan fingerprint density at radius 1 is 1.56 bits per heavy atom. The van der Waals surface area contributed by atoms with Crippen molar-refractivity contribution in [2.45, 2.75) is 13.5 Å². The molecule has 1 N–H and O–H groups in total. The van der Waals surface area contributed by atoms with Gasteiger partial charge in [0, 0.05) is 17.1 Å². The normalized spacial score (nSPS) is 11.6. The summed E-state index contributed by atoms with van der Waals surface area (Å²) in [6.45, 7) is 1.88. The Balaban J connectivity index is 2.21. The lowest BCUT2D eigenvalue weighted by Crippen LogP contribution is -2.03. The van der Waals surface area contributed by atoms with Crippen molar-refractivity contribution in [2.75, 3.05) is 0 Å². The summed E-state index contributed by atoms with van der Waals surface area (Å²) in [5.41, 5.74) is 0.720. The van der Waals surface area contributed by atoms with Gasteiger partial charge in [0.2, 0.25) is 0 Å². The lowest BCUT2D eigenvalue weighted by atomic mass is 10.1. The van der Waals surface area contributed by atoms with Crippen LogP contribution >= 0.6 is 11.3 Å². The molecule has 6 heteroatoms. The summed E-state index contributed by atoms with van der Waals surface area (Å²) >= 11 is 1.48. The Kier molecular flexibility index (Phi) is 3.88. The fraction of sp³-hybridized carbons (Fsp3) is 0.167. The smallest absolute Gasteiger partial charge is 0.140 e. The summed E-state index contributed by atoms with van der Waals surface area (Å²) in [7, 11) is 0. The molecular weight excluding hydrogens is 255 g/mol. The zero-order chi connectivity index (χ0) is 13.0. The highest BCUT2D eigenvalue weighted by atomic mass is 32.1. The largest absolute Gasteiger partial charge is 0.486 e. The summed E-state index contributed by atoms with van der Waals surface area (Å²) in [6.07, 6.45) is 1.69. The minimum Gasteiger partial charge on any atom is -0.486 e. The first-order valence-electron chi connectivity index (χ1n) is 5.20. The fourth-order valence-electron chi connectivity index (χ4n) is 1.43. The fourth-order valence-corrected chi connectivity index (χ4v) is 1.96. The van der Waals surface area contributed by atoms with Gasteiger partial charge in [0.05, 0.1) is 5.71 Å². The Morgan fingerprint density at radius 2 is 2.39 bits per heavy atom. The highest BCUT2D eigenvalue weighted by molar-refractivity contribution is 7.09. The standard InChI is InChI=1S/C12H11FN2O2S/c1-8(15-16)10-6-9(13)2-3-11(10)17-7-12-14-4-5-18-12/h2-6,16H,7H2,1H3. The number of thiazole rings is 1. The quantitative estimate of drug-likeness (QED) is 0.525. The molecule has 0 aliphatic carbocycles. The molecule has 1 aromatic heterocycles. The Bertz CT molecular complexity index is 555. The third-order valence-corrected chi connectivity index (χ3v) is 3.07. The number of rotatable bonds is 4. The number of nitrogens with zero attached hydrogens (tertiary/aromatic N) is 2. The zero-order valence-corrected chi connectivity index (χ0v) is 10.4. The van der Waals surface area contributed by atoms with Crippen LogP contribution in [0.3, 0.4) is 0 Å². The molecule has 0 unspecified atom stereocenters. The first-order chi connectivity index (χ1) is 8.70. The van der Waals surface area contributed by atoms with Crippen LogP contribution in [-0.4, -0.2) is 15.9 Å². The van der Waals surface area contributed by atoms with Crippen LogP contribution in [-0.2, 0) is 6.61 Å². The van der Waals surface area contributed by atoms with Gasteiger partial charge in [0.25, 0.3) is 0 Å². The number of halogens is 1. The number of ether oxygens (including phenoxy) is 1. The van der Waals surface area contributed by atoms with Crippen LogP contribution in [0.15, 0.2) is 34.9 Å². The lowest BCUT2D eigenvalue weighted by Gasteiger charge is -2.09. The van der Waals surface area contributed by atoms with Crippen molar-refractivity contribution in [1.82, 2.24) is 4.98 Å². The average molecular weight is 266 g/mol. The Morgan fingerprint density at radius 3 is 3.06 bits per heavy atom. The molecule has 18 heavy (non-hydrogen) atoms. The molecule has 2 aromatic rings. The minimum atomic E-state index is -0.408. The first-order valence-corrected chi connectivity index (χ1v) is 6.08. The predicted molar refractivity (Wildman–Crippen MR) is 66.8 cm³/mol. The van der Waals surface area contributed by atoms with E-state index < -0.39 is 5.82 Å². The highest BCUT2D eigenvalue weighted by Crippen LogP contribution is 2.22. The second-order valence-electron chi connectivity index (χ2n) is 3.54. The zero-order valence-electron chi connectivity index (χ0n) is 9.63. The molecule has 94 valence electrons. The molecule has 0 aliphatic heterocycles. The third-order valence-electron chi connectivity index (χ3n) is 2.32. The van der Waals surface area contributed by atoms with Crippen molar-refractivity contribution in [1.29, 1.82) is 0 Å². The highest BCUT2D eigenvalue weighted by Gasteiger charge is 2.09. The van der Waals surface area contributed by atoms with E-state index in [0.29, 0.717) is 23.6 Å². The van der Waals surface area contributed by atoms with E-state index in [4.69, 9.17) is 9.94 Å². The average Bonchev–Trinajstić information content (AvgIpc) is 2.89. The SMILES string of the molecule is CC(=NO)c1cc(F)ccc1OCc1nccs1. The molecule has 0 bridgehead atoms. The van der Waals surface area contributed by atoms with E-state index >= 15 is 0 Å². The summed E-state index contributed by atoms with van der Waals surface area (Å²) in [4.78, 5) is 4.08. The molecule has 0 radical (unpaired) electrons. The van der Waals surface area contributed by atoms with Crippen molar-refractivity contribution in [3.05, 3.63) is 46.2 Å². The maximum absolute atomic E-state index is 13.2. The van der Waals surface area contributed by atoms with E-state index in [-0.39, 0.29) is 0 Å². The van der Waals surface area contributed by atoms with E-state index in [2.05, 4.69) is 10.1 Å². The molecule has 0 spiro atoms. The number of benzene rings is 1. The van der Waals surface area contributed by atoms with E-state index in [0.717, 1.165) is 5.01 Å². The lowest BCUT2D eigenvalue weighted by molar-refractivity contribution is 0.302. The van der Waals surface area contributed by atoms with Gasteiger partial charge in [-0.25, -0.2) is 9.37 Å². The molecular formula is C12H11FN2O2S. The molecule has 0 saturated heterocycles. The van der Waals surface area contributed by atoms with Crippen LogP contribution in [0.2, 0.25) is 0 Å².